The molecule has 0 aliphatic heterocycles. The van der Waals surface area contributed by atoms with Gasteiger partial charge in [-0.2, -0.15) is 0 Å². The number of unbranched alkanes of at least 4 members (excludes halogenated alkanes) is 2. The van der Waals surface area contributed by atoms with E-state index in [1.54, 1.807) is 13.1 Å². The lowest BCUT2D eigenvalue weighted by atomic mass is 10.0. The van der Waals surface area contributed by atoms with Crippen molar-refractivity contribution in [2.24, 2.45) is 0 Å². The molecule has 0 fully saturated rings. The predicted molar refractivity (Wildman–Crippen MR) is 94.1 cm³/mol. The van der Waals surface area contributed by atoms with E-state index >= 15 is 0 Å². The molecule has 122 valence electrons. The van der Waals surface area contributed by atoms with Crippen LogP contribution in [0.2, 0.25) is 0 Å². The average molecular weight is 312 g/mol. The maximum absolute atomic E-state index is 12.7. The van der Waals surface area contributed by atoms with Gasteiger partial charge in [-0.15, -0.1) is 6.58 Å². The van der Waals surface area contributed by atoms with Crippen LogP contribution in [0.15, 0.2) is 49.3 Å². The zero-order valence-corrected chi connectivity index (χ0v) is 13.8. The molecule has 0 bridgehead atoms. The number of benzene rings is 1. The Morgan fingerprint density at radius 2 is 1.87 bits per heavy atom. The Labute approximate surface area is 138 Å². The Morgan fingerprint density at radius 3 is 2.48 bits per heavy atom. The summed E-state index contributed by atoms with van der Waals surface area (Å²) in [6.07, 6.45) is 10.4. The maximum Gasteiger partial charge on any atom is 0.0973 e. The van der Waals surface area contributed by atoms with Gasteiger partial charge in [0.2, 0.25) is 0 Å². The first-order chi connectivity index (χ1) is 11.2. The molecule has 0 amide bonds. The molecule has 1 heterocycles. The van der Waals surface area contributed by atoms with Gasteiger partial charge in [-0.1, -0.05) is 43.2 Å². The van der Waals surface area contributed by atoms with E-state index in [2.05, 4.69) is 40.8 Å². The average Bonchev–Trinajstić information content (AvgIpc) is 2.56. The number of alkyl halides is 1. The number of aryl methyl sites for hydroxylation is 1. The SMILES string of the molecule is C=CCc1cnc(-c2ccc(CCCCCC(C)F)cc2)cn1. The van der Waals surface area contributed by atoms with Gasteiger partial charge in [-0.05, 0) is 31.7 Å². The lowest BCUT2D eigenvalue weighted by Crippen LogP contribution is -1.93. The monoisotopic (exact) mass is 312 g/mol. The summed E-state index contributed by atoms with van der Waals surface area (Å²) >= 11 is 0. The molecular formula is C20H25FN2. The van der Waals surface area contributed by atoms with Gasteiger partial charge in [-0.25, -0.2) is 4.39 Å². The van der Waals surface area contributed by atoms with Gasteiger partial charge in [0, 0.05) is 18.2 Å². The first-order valence-electron chi connectivity index (χ1n) is 8.34. The summed E-state index contributed by atoms with van der Waals surface area (Å²) in [4.78, 5) is 8.84. The second-order valence-electron chi connectivity index (χ2n) is 5.96. The van der Waals surface area contributed by atoms with Gasteiger partial charge in [0.15, 0.2) is 0 Å². The van der Waals surface area contributed by atoms with Crippen LogP contribution in [0.3, 0.4) is 0 Å². The van der Waals surface area contributed by atoms with Crippen molar-refractivity contribution in [1.29, 1.82) is 0 Å². The molecule has 1 aromatic heterocycles. The zero-order chi connectivity index (χ0) is 16.5. The van der Waals surface area contributed by atoms with Crippen molar-refractivity contribution in [1.82, 2.24) is 9.97 Å². The second kappa shape index (κ2) is 9.19. The minimum atomic E-state index is -0.673. The number of halogens is 1. The fourth-order valence-corrected chi connectivity index (χ4v) is 2.53. The Morgan fingerprint density at radius 1 is 1.09 bits per heavy atom. The highest BCUT2D eigenvalue weighted by molar-refractivity contribution is 5.58. The van der Waals surface area contributed by atoms with Crippen LogP contribution in [-0.4, -0.2) is 16.1 Å². The van der Waals surface area contributed by atoms with Gasteiger partial charge in [0.25, 0.3) is 0 Å². The zero-order valence-electron chi connectivity index (χ0n) is 13.8. The Kier molecular flexibility index (Phi) is 6.92. The summed E-state index contributed by atoms with van der Waals surface area (Å²) < 4.78 is 12.7. The maximum atomic E-state index is 12.7. The summed E-state index contributed by atoms with van der Waals surface area (Å²) in [5.41, 5.74) is 4.22. The molecule has 23 heavy (non-hydrogen) atoms. The van der Waals surface area contributed by atoms with Gasteiger partial charge >= 0.3 is 0 Å². The predicted octanol–water partition coefficient (Wildman–Crippen LogP) is 5.33. The van der Waals surface area contributed by atoms with Crippen molar-refractivity contribution < 1.29 is 4.39 Å². The van der Waals surface area contributed by atoms with E-state index in [1.807, 2.05) is 12.3 Å². The summed E-state index contributed by atoms with van der Waals surface area (Å²) in [7, 11) is 0. The Bertz CT molecular complexity index is 588. The van der Waals surface area contributed by atoms with Crippen molar-refractivity contribution in [2.45, 2.75) is 51.6 Å². The third-order valence-corrected chi connectivity index (χ3v) is 3.88. The van der Waals surface area contributed by atoms with E-state index in [0.717, 1.165) is 49.1 Å². The molecular weight excluding hydrogens is 287 g/mol. The van der Waals surface area contributed by atoms with Crippen LogP contribution in [0.4, 0.5) is 4.39 Å². The molecule has 0 saturated heterocycles. The van der Waals surface area contributed by atoms with Gasteiger partial charge in [0.1, 0.15) is 0 Å². The normalized spacial score (nSPS) is 12.1. The molecule has 1 atom stereocenters. The second-order valence-corrected chi connectivity index (χ2v) is 5.96. The van der Waals surface area contributed by atoms with Crippen LogP contribution in [0.25, 0.3) is 11.3 Å². The number of rotatable bonds is 9. The van der Waals surface area contributed by atoms with E-state index in [1.165, 1.54) is 5.56 Å². The van der Waals surface area contributed by atoms with Crippen molar-refractivity contribution in [2.75, 3.05) is 0 Å². The molecule has 0 saturated carbocycles. The summed E-state index contributed by atoms with van der Waals surface area (Å²) in [6, 6.07) is 8.48. The quantitative estimate of drug-likeness (QED) is 0.462. The van der Waals surface area contributed by atoms with Crippen LogP contribution in [-0.2, 0) is 12.8 Å². The van der Waals surface area contributed by atoms with E-state index < -0.39 is 6.17 Å². The molecule has 0 aliphatic carbocycles. The van der Waals surface area contributed by atoms with Crippen molar-refractivity contribution in [3.8, 4) is 11.3 Å². The highest BCUT2D eigenvalue weighted by Crippen LogP contribution is 2.18. The van der Waals surface area contributed by atoms with Crippen LogP contribution in [0.5, 0.6) is 0 Å². The molecule has 3 heteroatoms. The molecule has 2 rings (SSSR count). The largest absolute Gasteiger partial charge is 0.257 e. The number of nitrogens with zero attached hydrogens (tertiary/aromatic N) is 2. The third kappa shape index (κ3) is 5.93. The van der Waals surface area contributed by atoms with Crippen LogP contribution in [0.1, 0.15) is 43.9 Å². The van der Waals surface area contributed by atoms with E-state index in [0.29, 0.717) is 6.42 Å². The van der Waals surface area contributed by atoms with E-state index in [4.69, 9.17) is 0 Å². The number of hydrogen-bond acceptors (Lipinski definition) is 2. The topological polar surface area (TPSA) is 25.8 Å². The molecule has 0 radical (unpaired) electrons. The van der Waals surface area contributed by atoms with Gasteiger partial charge in [0.05, 0.1) is 23.8 Å². The Balaban J connectivity index is 1.85. The minimum Gasteiger partial charge on any atom is -0.257 e. The first kappa shape index (κ1) is 17.3. The molecule has 1 unspecified atom stereocenters. The lowest BCUT2D eigenvalue weighted by molar-refractivity contribution is 0.330. The smallest absolute Gasteiger partial charge is 0.0973 e. The van der Waals surface area contributed by atoms with E-state index in [-0.39, 0.29) is 0 Å². The summed E-state index contributed by atoms with van der Waals surface area (Å²) in [5, 5.41) is 0. The molecule has 0 aliphatic rings. The lowest BCUT2D eigenvalue weighted by Gasteiger charge is -2.05. The number of aromatic nitrogens is 2. The third-order valence-electron chi connectivity index (χ3n) is 3.88. The number of allylic oxidation sites excluding steroid dienone is 1. The van der Waals surface area contributed by atoms with E-state index in [9.17, 15) is 4.39 Å². The molecule has 1 aromatic carbocycles. The molecule has 0 spiro atoms. The fraction of sp³-hybridized carbons (Fsp3) is 0.400. The summed E-state index contributed by atoms with van der Waals surface area (Å²) in [6.45, 7) is 5.33. The van der Waals surface area contributed by atoms with Crippen LogP contribution in [0, 0.1) is 0 Å². The highest BCUT2D eigenvalue weighted by Gasteiger charge is 2.02. The molecule has 2 nitrogen and oxygen atoms in total. The fourth-order valence-electron chi connectivity index (χ4n) is 2.53. The van der Waals surface area contributed by atoms with Crippen molar-refractivity contribution in [3.63, 3.8) is 0 Å². The standard InChI is InChI=1S/C20H25FN2/c1-3-7-19-14-23-20(15-22-19)18-12-10-17(11-13-18)9-6-4-5-8-16(2)21/h3,10-16H,1,4-9H2,2H3. The van der Waals surface area contributed by atoms with Crippen LogP contribution >= 0.6 is 0 Å². The molecule has 0 N–H and O–H groups in total. The minimum absolute atomic E-state index is 0.673. The molecule has 2 aromatic rings. The van der Waals surface area contributed by atoms with Crippen molar-refractivity contribution in [3.05, 3.63) is 60.6 Å². The summed E-state index contributed by atoms with van der Waals surface area (Å²) in [5.74, 6) is 0. The Hall–Kier alpha value is -2.03. The van der Waals surface area contributed by atoms with Crippen molar-refractivity contribution >= 4 is 0 Å². The van der Waals surface area contributed by atoms with Gasteiger partial charge in [-0.3, -0.25) is 9.97 Å². The van der Waals surface area contributed by atoms with Gasteiger partial charge < -0.3 is 0 Å². The van der Waals surface area contributed by atoms with Crippen LogP contribution < -0.4 is 0 Å². The highest BCUT2D eigenvalue weighted by atomic mass is 19.1. The number of hydrogen-bond donors (Lipinski definition) is 0. The first-order valence-corrected chi connectivity index (χ1v) is 8.34.